The first-order valence-corrected chi connectivity index (χ1v) is 6.14. The molecule has 2 aromatic rings. The highest BCUT2D eigenvalue weighted by atomic mass is 16.5. The van der Waals surface area contributed by atoms with E-state index in [1.54, 1.807) is 0 Å². The molecule has 4 nitrogen and oxygen atoms in total. The van der Waals surface area contributed by atoms with Gasteiger partial charge in [0.15, 0.2) is 0 Å². The molecule has 1 heterocycles. The number of nitrogens with two attached hydrogens (primary N) is 1. The van der Waals surface area contributed by atoms with Crippen molar-refractivity contribution >= 4 is 0 Å². The molecule has 0 spiro atoms. The molecule has 0 fully saturated rings. The zero-order valence-electron chi connectivity index (χ0n) is 10.8. The van der Waals surface area contributed by atoms with E-state index in [1.165, 1.54) is 0 Å². The van der Waals surface area contributed by atoms with Crippen molar-refractivity contribution in [3.05, 3.63) is 35.7 Å². The van der Waals surface area contributed by atoms with Gasteiger partial charge >= 0.3 is 0 Å². The van der Waals surface area contributed by atoms with Crippen LogP contribution < -0.4 is 10.5 Å². The summed E-state index contributed by atoms with van der Waals surface area (Å²) in [6.45, 7) is 5.05. The van der Waals surface area contributed by atoms with E-state index in [2.05, 4.69) is 4.98 Å². The van der Waals surface area contributed by atoms with Crippen molar-refractivity contribution in [1.82, 2.24) is 4.98 Å². The maximum Gasteiger partial charge on any atom is 0.230 e. The Morgan fingerprint density at radius 2 is 2.11 bits per heavy atom. The van der Waals surface area contributed by atoms with Crippen molar-refractivity contribution < 1.29 is 9.15 Å². The van der Waals surface area contributed by atoms with Crippen LogP contribution in [-0.2, 0) is 6.42 Å². The first-order chi connectivity index (χ1) is 8.76. The lowest BCUT2D eigenvalue weighted by Gasteiger charge is -2.06. The fourth-order valence-corrected chi connectivity index (χ4v) is 1.84. The molecule has 0 amide bonds. The Morgan fingerprint density at radius 1 is 1.33 bits per heavy atom. The number of para-hydroxylation sites is 1. The molecule has 0 aliphatic carbocycles. The minimum atomic E-state index is 0.569. The molecule has 4 heteroatoms. The lowest BCUT2D eigenvalue weighted by Crippen LogP contribution is -2.03. The fraction of sp³-hybridized carbons (Fsp3) is 0.357. The van der Waals surface area contributed by atoms with Crippen LogP contribution in [0.2, 0.25) is 0 Å². The Labute approximate surface area is 107 Å². The molecule has 0 saturated heterocycles. The Bertz CT molecular complexity index is 520. The minimum Gasteiger partial charge on any atom is -0.493 e. The van der Waals surface area contributed by atoms with Crippen LogP contribution in [0.3, 0.4) is 0 Å². The number of ether oxygens (including phenoxy) is 1. The van der Waals surface area contributed by atoms with E-state index in [0.29, 0.717) is 19.0 Å². The molecule has 0 aliphatic heterocycles. The molecular weight excluding hydrogens is 228 g/mol. The van der Waals surface area contributed by atoms with Crippen LogP contribution >= 0.6 is 0 Å². The molecular formula is C14H18N2O2. The lowest BCUT2D eigenvalue weighted by atomic mass is 10.2. The smallest absolute Gasteiger partial charge is 0.230 e. The molecule has 0 atom stereocenters. The predicted octanol–water partition coefficient (Wildman–Crippen LogP) is 2.55. The van der Waals surface area contributed by atoms with Crippen molar-refractivity contribution in [3.63, 3.8) is 0 Å². The molecule has 0 unspecified atom stereocenters. The van der Waals surface area contributed by atoms with Gasteiger partial charge in [0.1, 0.15) is 11.5 Å². The zero-order valence-corrected chi connectivity index (χ0v) is 10.8. The number of oxazole rings is 1. The minimum absolute atomic E-state index is 0.569. The Morgan fingerprint density at radius 3 is 2.83 bits per heavy atom. The molecule has 96 valence electrons. The van der Waals surface area contributed by atoms with Crippen molar-refractivity contribution in [2.75, 3.05) is 13.2 Å². The topological polar surface area (TPSA) is 61.3 Å². The highest BCUT2D eigenvalue weighted by molar-refractivity contribution is 5.63. The van der Waals surface area contributed by atoms with Crippen LogP contribution in [0.5, 0.6) is 5.75 Å². The van der Waals surface area contributed by atoms with E-state index >= 15 is 0 Å². The van der Waals surface area contributed by atoms with Crippen molar-refractivity contribution in [3.8, 4) is 17.2 Å². The molecule has 18 heavy (non-hydrogen) atoms. The number of benzene rings is 1. The summed E-state index contributed by atoms with van der Waals surface area (Å²) in [5.74, 6) is 2.21. The third-order valence-corrected chi connectivity index (χ3v) is 2.69. The van der Waals surface area contributed by atoms with Gasteiger partial charge in [0.2, 0.25) is 5.89 Å². The first-order valence-electron chi connectivity index (χ1n) is 6.14. The Hall–Kier alpha value is -1.81. The molecule has 1 aromatic carbocycles. The van der Waals surface area contributed by atoms with Gasteiger partial charge in [0.25, 0.3) is 0 Å². The summed E-state index contributed by atoms with van der Waals surface area (Å²) in [6, 6.07) is 7.74. The van der Waals surface area contributed by atoms with Crippen LogP contribution in [0.1, 0.15) is 18.4 Å². The highest BCUT2D eigenvalue weighted by Crippen LogP contribution is 2.30. The molecule has 1 aromatic heterocycles. The van der Waals surface area contributed by atoms with Gasteiger partial charge in [-0.15, -0.1) is 0 Å². The Balaban J connectivity index is 2.39. The summed E-state index contributed by atoms with van der Waals surface area (Å²) in [6.07, 6.45) is 0.728. The first kappa shape index (κ1) is 12.6. The van der Waals surface area contributed by atoms with Crippen molar-refractivity contribution in [2.45, 2.75) is 20.3 Å². The normalized spacial score (nSPS) is 10.6. The van der Waals surface area contributed by atoms with E-state index in [-0.39, 0.29) is 0 Å². The number of hydrogen-bond acceptors (Lipinski definition) is 4. The summed E-state index contributed by atoms with van der Waals surface area (Å²) in [7, 11) is 0. The average molecular weight is 246 g/mol. The number of hydrogen-bond donors (Lipinski definition) is 1. The number of aromatic nitrogens is 1. The van der Waals surface area contributed by atoms with Gasteiger partial charge in [0, 0.05) is 6.42 Å². The number of rotatable bonds is 5. The monoisotopic (exact) mass is 246 g/mol. The summed E-state index contributed by atoms with van der Waals surface area (Å²) in [5.41, 5.74) is 7.34. The van der Waals surface area contributed by atoms with Gasteiger partial charge in [0.05, 0.1) is 17.9 Å². The Kier molecular flexibility index (Phi) is 3.99. The molecule has 2 rings (SSSR count). The van der Waals surface area contributed by atoms with E-state index in [1.807, 2.05) is 38.1 Å². The second-order valence-corrected chi connectivity index (χ2v) is 3.99. The van der Waals surface area contributed by atoms with Gasteiger partial charge < -0.3 is 14.9 Å². The highest BCUT2D eigenvalue weighted by Gasteiger charge is 2.14. The predicted molar refractivity (Wildman–Crippen MR) is 70.6 cm³/mol. The zero-order chi connectivity index (χ0) is 13.0. The maximum atomic E-state index is 5.69. The van der Waals surface area contributed by atoms with Crippen LogP contribution in [0.4, 0.5) is 0 Å². The fourth-order valence-electron chi connectivity index (χ4n) is 1.84. The quantitative estimate of drug-likeness (QED) is 0.880. The summed E-state index contributed by atoms with van der Waals surface area (Å²) in [4.78, 5) is 4.49. The summed E-state index contributed by atoms with van der Waals surface area (Å²) in [5, 5.41) is 0. The van der Waals surface area contributed by atoms with Gasteiger partial charge in [-0.25, -0.2) is 4.98 Å². The van der Waals surface area contributed by atoms with Crippen molar-refractivity contribution in [2.24, 2.45) is 5.73 Å². The SMILES string of the molecule is CCOc1ccccc1-c1nc(CCN)c(C)o1. The average Bonchev–Trinajstić information content (AvgIpc) is 2.73. The molecule has 0 aliphatic rings. The third-order valence-electron chi connectivity index (χ3n) is 2.69. The van der Waals surface area contributed by atoms with Gasteiger partial charge in [-0.3, -0.25) is 0 Å². The molecule has 0 bridgehead atoms. The second-order valence-electron chi connectivity index (χ2n) is 3.99. The number of aryl methyl sites for hydroxylation is 1. The van der Waals surface area contributed by atoms with Gasteiger partial charge in [-0.1, -0.05) is 12.1 Å². The third kappa shape index (κ3) is 2.54. The van der Waals surface area contributed by atoms with Crippen LogP contribution in [0.15, 0.2) is 28.7 Å². The molecule has 2 N–H and O–H groups in total. The number of nitrogens with zero attached hydrogens (tertiary/aromatic N) is 1. The summed E-state index contributed by atoms with van der Waals surface area (Å²) >= 11 is 0. The molecule has 0 saturated carbocycles. The van der Waals surface area contributed by atoms with Gasteiger partial charge in [-0.05, 0) is 32.5 Å². The van der Waals surface area contributed by atoms with E-state index < -0.39 is 0 Å². The van der Waals surface area contributed by atoms with Crippen LogP contribution in [-0.4, -0.2) is 18.1 Å². The van der Waals surface area contributed by atoms with Gasteiger partial charge in [-0.2, -0.15) is 0 Å². The maximum absolute atomic E-state index is 5.69. The van der Waals surface area contributed by atoms with E-state index in [4.69, 9.17) is 14.9 Å². The van der Waals surface area contributed by atoms with E-state index in [0.717, 1.165) is 29.2 Å². The van der Waals surface area contributed by atoms with E-state index in [9.17, 15) is 0 Å². The lowest BCUT2D eigenvalue weighted by molar-refractivity contribution is 0.340. The van der Waals surface area contributed by atoms with Crippen LogP contribution in [0.25, 0.3) is 11.5 Å². The van der Waals surface area contributed by atoms with Crippen LogP contribution in [0, 0.1) is 6.92 Å². The summed E-state index contributed by atoms with van der Waals surface area (Å²) < 4.78 is 11.3. The second kappa shape index (κ2) is 5.69. The van der Waals surface area contributed by atoms with Crippen molar-refractivity contribution in [1.29, 1.82) is 0 Å². The molecule has 0 radical (unpaired) electrons. The standard InChI is InChI=1S/C14H18N2O2/c1-3-17-13-7-5-4-6-11(13)14-16-12(8-9-15)10(2)18-14/h4-7H,3,8-9,15H2,1-2H3. The largest absolute Gasteiger partial charge is 0.493 e.